The molecule has 1 aliphatic rings. The van der Waals surface area contributed by atoms with Crippen molar-refractivity contribution in [3.63, 3.8) is 0 Å². The molecule has 5 aromatic carbocycles. The van der Waals surface area contributed by atoms with Crippen molar-refractivity contribution in [3.05, 3.63) is 173 Å². The molecule has 0 radical (unpaired) electrons. The van der Waals surface area contributed by atoms with Crippen molar-refractivity contribution in [2.75, 3.05) is 6.61 Å². The van der Waals surface area contributed by atoms with E-state index in [9.17, 15) is 0 Å². The Morgan fingerprint density at radius 3 is 1.40 bits per heavy atom. The van der Waals surface area contributed by atoms with E-state index in [4.69, 9.17) is 23.7 Å². The second-order valence-electron chi connectivity index (χ2n) is 11.8. The summed E-state index contributed by atoms with van der Waals surface area (Å²) in [5, 5.41) is 0. The van der Waals surface area contributed by atoms with Crippen molar-refractivity contribution >= 4 is 24.5 Å². The van der Waals surface area contributed by atoms with Crippen molar-refractivity contribution in [1.29, 1.82) is 0 Å². The Labute approximate surface area is 288 Å². The number of benzene rings is 5. The first-order valence-corrected chi connectivity index (χ1v) is 18.7. The first kappa shape index (κ1) is 33.6. The molecule has 1 heterocycles. The molecule has 6 rings (SSSR count). The van der Waals surface area contributed by atoms with E-state index in [0.717, 1.165) is 22.3 Å². The van der Waals surface area contributed by atoms with Crippen molar-refractivity contribution < 1.29 is 23.7 Å². The number of hydrogen-bond acceptors (Lipinski definition) is 5. The molecular weight excluding hydrogens is 700 g/mol. The van der Waals surface area contributed by atoms with E-state index in [1.54, 1.807) is 0 Å². The summed E-state index contributed by atoms with van der Waals surface area (Å²) in [6, 6.07) is 49.9. The molecule has 0 N–H and O–H groups in total. The van der Waals surface area contributed by atoms with Crippen LogP contribution in [-0.4, -0.2) is 56.1 Å². The van der Waals surface area contributed by atoms with Crippen molar-refractivity contribution in [1.82, 2.24) is 0 Å². The van der Waals surface area contributed by atoms with Crippen LogP contribution in [0.2, 0.25) is 0 Å². The average Bonchev–Trinajstić information content (AvgIpc) is 3.12. The van der Waals surface area contributed by atoms with E-state index >= 15 is 0 Å². The van der Waals surface area contributed by atoms with Crippen LogP contribution in [0.3, 0.4) is 0 Å². The predicted octanol–water partition coefficient (Wildman–Crippen LogP) is 7.02. The standard InChI is InChI=1S/C41H42O5Te/c1-31-22-24-36(25-23-31)47-41-40(45-29-35-20-12-5-13-21-35)39(44-28-34-18-10-4-11-19-34)38(43-27-33-16-8-3-9-17-33)37(46-41)30-42-26-32-14-6-2-7-15-32/h2-25,37-41H,26-30H2,1H3/t37-,38-,39+,40-,41?/m1/s1. The molecule has 1 unspecified atom stereocenters. The van der Waals surface area contributed by atoms with E-state index in [1.807, 2.05) is 72.8 Å². The van der Waals surface area contributed by atoms with Gasteiger partial charge >= 0.3 is 290 Å². The summed E-state index contributed by atoms with van der Waals surface area (Å²) < 4.78 is 35.1. The van der Waals surface area contributed by atoms with Crippen LogP contribution in [0.25, 0.3) is 0 Å². The zero-order valence-corrected chi connectivity index (χ0v) is 29.1. The number of ether oxygens (including phenoxy) is 5. The molecule has 0 amide bonds. The second kappa shape index (κ2) is 17.7. The maximum atomic E-state index is 7.05. The summed E-state index contributed by atoms with van der Waals surface area (Å²) in [6.07, 6.45) is -1.49. The summed E-state index contributed by atoms with van der Waals surface area (Å²) in [4.78, 5) is 0. The molecule has 242 valence electrons. The average molecular weight is 742 g/mol. The van der Waals surface area contributed by atoms with Crippen LogP contribution in [0.5, 0.6) is 0 Å². The van der Waals surface area contributed by atoms with Crippen LogP contribution in [0.1, 0.15) is 27.8 Å². The Bertz CT molecular complexity index is 1590. The molecule has 0 aliphatic carbocycles. The van der Waals surface area contributed by atoms with Gasteiger partial charge in [-0.15, -0.1) is 0 Å². The van der Waals surface area contributed by atoms with Gasteiger partial charge in [-0.2, -0.15) is 0 Å². The summed E-state index contributed by atoms with van der Waals surface area (Å²) in [5.74, 6) is 0. The topological polar surface area (TPSA) is 46.2 Å². The van der Waals surface area contributed by atoms with Gasteiger partial charge in [0.25, 0.3) is 0 Å². The summed E-state index contributed by atoms with van der Waals surface area (Å²) in [7, 11) is 0. The zero-order valence-electron chi connectivity index (χ0n) is 26.7. The van der Waals surface area contributed by atoms with Gasteiger partial charge in [0.15, 0.2) is 0 Å². The monoisotopic (exact) mass is 744 g/mol. The van der Waals surface area contributed by atoms with Gasteiger partial charge in [-0.05, 0) is 0 Å². The minimum absolute atomic E-state index is 0.158. The Hall–Kier alpha value is -3.31. The number of hydrogen-bond donors (Lipinski definition) is 0. The fraction of sp³-hybridized carbons (Fsp3) is 0.268. The molecule has 0 saturated carbocycles. The second-order valence-corrected chi connectivity index (χ2v) is 15.1. The SMILES string of the molecule is Cc1ccc([Te]C2O[C@H](COCc3ccccc3)[C@@H](OCc3ccccc3)[C@H](OCc3ccccc3)[C@H]2OCc2ccccc2)cc1. The fourth-order valence-corrected chi connectivity index (χ4v) is 8.81. The molecule has 0 bridgehead atoms. The first-order chi connectivity index (χ1) is 23.2. The first-order valence-electron chi connectivity index (χ1n) is 16.2. The Kier molecular flexibility index (Phi) is 12.7. The zero-order chi connectivity index (χ0) is 32.1. The predicted molar refractivity (Wildman–Crippen MR) is 186 cm³/mol. The van der Waals surface area contributed by atoms with Crippen LogP contribution in [0, 0.1) is 6.92 Å². The van der Waals surface area contributed by atoms with Gasteiger partial charge < -0.3 is 0 Å². The van der Waals surface area contributed by atoms with E-state index in [0.29, 0.717) is 33.0 Å². The van der Waals surface area contributed by atoms with Gasteiger partial charge in [0.1, 0.15) is 0 Å². The van der Waals surface area contributed by atoms with Crippen LogP contribution >= 0.6 is 0 Å². The van der Waals surface area contributed by atoms with Crippen LogP contribution in [0.4, 0.5) is 0 Å². The molecule has 5 aromatic rings. The van der Waals surface area contributed by atoms with Crippen molar-refractivity contribution in [3.8, 4) is 0 Å². The molecule has 0 aromatic heterocycles. The molecule has 1 fully saturated rings. The fourth-order valence-electron chi connectivity index (χ4n) is 5.59. The van der Waals surface area contributed by atoms with Crippen LogP contribution < -0.4 is 3.61 Å². The summed E-state index contributed by atoms with van der Waals surface area (Å²) in [5.41, 5.74) is 5.67. The summed E-state index contributed by atoms with van der Waals surface area (Å²) >= 11 is -0.859. The van der Waals surface area contributed by atoms with Crippen molar-refractivity contribution in [2.24, 2.45) is 0 Å². The molecular formula is C41H42O5Te. The minimum atomic E-state index is -0.859. The van der Waals surface area contributed by atoms with Gasteiger partial charge in [0.2, 0.25) is 0 Å². The molecule has 0 spiro atoms. The molecule has 6 heteroatoms. The van der Waals surface area contributed by atoms with Gasteiger partial charge in [0.05, 0.1) is 0 Å². The Morgan fingerprint density at radius 2 is 0.915 bits per heavy atom. The molecule has 5 atom stereocenters. The quantitative estimate of drug-likeness (QED) is 0.108. The third-order valence-corrected chi connectivity index (χ3v) is 11.4. The van der Waals surface area contributed by atoms with E-state index < -0.39 is 27.0 Å². The number of aryl methyl sites for hydroxylation is 1. The van der Waals surface area contributed by atoms with Gasteiger partial charge in [-0.25, -0.2) is 0 Å². The van der Waals surface area contributed by atoms with Crippen LogP contribution in [0.15, 0.2) is 146 Å². The van der Waals surface area contributed by atoms with E-state index in [2.05, 4.69) is 79.7 Å². The van der Waals surface area contributed by atoms with E-state index in [1.165, 1.54) is 9.17 Å². The van der Waals surface area contributed by atoms with Crippen molar-refractivity contribution in [2.45, 2.75) is 61.9 Å². The van der Waals surface area contributed by atoms with E-state index in [-0.39, 0.29) is 22.5 Å². The van der Waals surface area contributed by atoms with Crippen LogP contribution in [-0.2, 0) is 50.1 Å². The number of rotatable bonds is 15. The van der Waals surface area contributed by atoms with Gasteiger partial charge in [-0.1, -0.05) is 0 Å². The van der Waals surface area contributed by atoms with Gasteiger partial charge in [0, 0.05) is 0 Å². The third kappa shape index (κ3) is 10.1. The Morgan fingerprint density at radius 1 is 0.489 bits per heavy atom. The van der Waals surface area contributed by atoms with Gasteiger partial charge in [-0.3, -0.25) is 0 Å². The maximum absolute atomic E-state index is 7.05. The molecule has 1 saturated heterocycles. The summed E-state index contributed by atoms with van der Waals surface area (Å²) in [6.45, 7) is 4.32. The normalized spacial score (nSPS) is 21.0. The third-order valence-electron chi connectivity index (χ3n) is 8.11. The molecule has 5 nitrogen and oxygen atoms in total. The molecule has 47 heavy (non-hydrogen) atoms. The Balaban J connectivity index is 1.31. The molecule has 1 aliphatic heterocycles.